The number of aromatic nitrogens is 1. The molecule has 0 aliphatic heterocycles. The van der Waals surface area contributed by atoms with Gasteiger partial charge in [-0.25, -0.2) is 0 Å². The van der Waals surface area contributed by atoms with E-state index in [-0.39, 0.29) is 17.4 Å². The fraction of sp³-hybridized carbons (Fsp3) is 0.500. The smallest absolute Gasteiger partial charge is 0.251 e. The number of aromatic amines is 1. The summed E-state index contributed by atoms with van der Waals surface area (Å²) in [5, 5.41) is 4.03. The Morgan fingerprint density at radius 3 is 2.79 bits per heavy atom. The molecule has 1 unspecified atom stereocenters. The second-order valence-corrected chi connectivity index (χ2v) is 7.09. The maximum atomic E-state index is 12.3. The molecule has 2 aromatic rings. The van der Waals surface area contributed by atoms with E-state index in [0.717, 1.165) is 22.0 Å². The van der Waals surface area contributed by atoms with E-state index in [1.807, 2.05) is 38.1 Å². The molecule has 0 bridgehead atoms. The van der Waals surface area contributed by atoms with Crippen LogP contribution in [0.3, 0.4) is 0 Å². The Kier molecular flexibility index (Phi) is 5.03. The molecule has 1 atom stereocenters. The van der Waals surface area contributed by atoms with Crippen molar-refractivity contribution in [1.29, 1.82) is 0 Å². The minimum Gasteiger partial charge on any atom is -0.356 e. The van der Waals surface area contributed by atoms with E-state index in [1.165, 1.54) is 25.7 Å². The van der Waals surface area contributed by atoms with Gasteiger partial charge in [-0.2, -0.15) is 0 Å². The average Bonchev–Trinajstić information content (AvgIpc) is 3.09. The van der Waals surface area contributed by atoms with Gasteiger partial charge in [0.2, 0.25) is 5.91 Å². The predicted octanol–water partition coefficient (Wildman–Crippen LogP) is 3.32. The molecule has 2 N–H and O–H groups in total. The zero-order chi connectivity index (χ0) is 17.1. The monoisotopic (exact) mass is 326 g/mol. The normalized spacial score (nSPS) is 16.4. The van der Waals surface area contributed by atoms with Crippen molar-refractivity contribution in [3.63, 3.8) is 0 Å². The number of H-pyrrole nitrogens is 1. The van der Waals surface area contributed by atoms with Gasteiger partial charge in [0.1, 0.15) is 0 Å². The topological polar surface area (TPSA) is 62.0 Å². The lowest BCUT2D eigenvalue weighted by atomic mass is 9.92. The van der Waals surface area contributed by atoms with Crippen molar-refractivity contribution in [3.05, 3.63) is 45.7 Å². The summed E-state index contributed by atoms with van der Waals surface area (Å²) in [7, 11) is 0. The van der Waals surface area contributed by atoms with Crippen LogP contribution < -0.4 is 10.9 Å². The molecular formula is C20H26N2O2. The molecule has 24 heavy (non-hydrogen) atoms. The molecule has 0 spiro atoms. The van der Waals surface area contributed by atoms with E-state index >= 15 is 0 Å². The maximum Gasteiger partial charge on any atom is 0.251 e. The predicted molar refractivity (Wildman–Crippen MR) is 97.1 cm³/mol. The van der Waals surface area contributed by atoms with Gasteiger partial charge in [0.15, 0.2) is 0 Å². The lowest BCUT2D eigenvalue weighted by molar-refractivity contribution is -0.125. The van der Waals surface area contributed by atoms with Gasteiger partial charge in [-0.15, -0.1) is 0 Å². The molecule has 0 saturated heterocycles. The highest BCUT2D eigenvalue weighted by atomic mass is 16.2. The summed E-state index contributed by atoms with van der Waals surface area (Å²) in [5.74, 6) is 0.720. The minimum absolute atomic E-state index is 0.0637. The Morgan fingerprint density at radius 2 is 2.04 bits per heavy atom. The number of amides is 1. The number of aryl methyl sites for hydroxylation is 1. The van der Waals surface area contributed by atoms with Crippen LogP contribution in [0.4, 0.5) is 0 Å². The number of benzene rings is 1. The summed E-state index contributed by atoms with van der Waals surface area (Å²) in [6.45, 7) is 4.54. The number of hydrogen-bond acceptors (Lipinski definition) is 2. The molecule has 4 heteroatoms. The third kappa shape index (κ3) is 3.69. The fourth-order valence-electron chi connectivity index (χ4n) is 3.70. The molecule has 1 saturated carbocycles. The first-order valence-corrected chi connectivity index (χ1v) is 8.95. The number of fused-ring (bicyclic) bond motifs is 1. The van der Waals surface area contributed by atoms with Crippen LogP contribution in [-0.2, 0) is 11.2 Å². The number of carbonyl (C=O) groups excluding carboxylic acids is 1. The van der Waals surface area contributed by atoms with Gasteiger partial charge in [0, 0.05) is 23.5 Å². The summed E-state index contributed by atoms with van der Waals surface area (Å²) in [6, 6.07) is 7.96. The van der Waals surface area contributed by atoms with Crippen molar-refractivity contribution < 1.29 is 4.79 Å². The minimum atomic E-state index is -0.0637. The van der Waals surface area contributed by atoms with E-state index < -0.39 is 0 Å². The van der Waals surface area contributed by atoms with Crippen LogP contribution in [0.25, 0.3) is 10.9 Å². The summed E-state index contributed by atoms with van der Waals surface area (Å²) >= 11 is 0. The molecule has 1 heterocycles. The second-order valence-electron chi connectivity index (χ2n) is 7.09. The summed E-state index contributed by atoms with van der Waals surface area (Å²) in [5.41, 5.74) is 2.65. The van der Waals surface area contributed by atoms with Gasteiger partial charge in [-0.05, 0) is 55.2 Å². The zero-order valence-corrected chi connectivity index (χ0v) is 14.5. The van der Waals surface area contributed by atoms with Gasteiger partial charge in [-0.3, -0.25) is 9.59 Å². The van der Waals surface area contributed by atoms with E-state index in [2.05, 4.69) is 10.3 Å². The lowest BCUT2D eigenvalue weighted by Gasteiger charge is -2.18. The van der Waals surface area contributed by atoms with Crippen LogP contribution in [0, 0.1) is 18.8 Å². The average molecular weight is 326 g/mol. The molecule has 4 nitrogen and oxygen atoms in total. The van der Waals surface area contributed by atoms with Crippen molar-refractivity contribution in [2.45, 2.75) is 46.0 Å². The number of carbonyl (C=O) groups is 1. The maximum absolute atomic E-state index is 12.3. The van der Waals surface area contributed by atoms with Gasteiger partial charge in [-0.1, -0.05) is 31.9 Å². The van der Waals surface area contributed by atoms with Crippen LogP contribution in [0.5, 0.6) is 0 Å². The van der Waals surface area contributed by atoms with E-state index in [4.69, 9.17) is 0 Å². The first-order valence-electron chi connectivity index (χ1n) is 8.95. The first kappa shape index (κ1) is 16.7. The molecule has 1 fully saturated rings. The molecule has 0 radical (unpaired) electrons. The third-order valence-electron chi connectivity index (χ3n) is 5.29. The molecule has 128 valence electrons. The summed E-state index contributed by atoms with van der Waals surface area (Å²) in [4.78, 5) is 27.4. The Hall–Kier alpha value is -2.10. The van der Waals surface area contributed by atoms with E-state index in [1.54, 1.807) is 0 Å². The quantitative estimate of drug-likeness (QED) is 0.885. The van der Waals surface area contributed by atoms with Crippen molar-refractivity contribution in [2.75, 3.05) is 6.54 Å². The van der Waals surface area contributed by atoms with E-state index in [0.29, 0.717) is 18.9 Å². The van der Waals surface area contributed by atoms with Gasteiger partial charge < -0.3 is 10.3 Å². The molecule has 1 amide bonds. The fourth-order valence-corrected chi connectivity index (χ4v) is 3.70. The Labute approximate surface area is 142 Å². The standard InChI is InChI=1S/C20H26N2O2/c1-13-7-8-16-12-17(20(24)22-18(16)11-13)9-10-21-19(23)14(2)15-5-3-4-6-15/h7-8,11-12,14-15H,3-6,9-10H2,1-2H3,(H,21,23)(H,22,24). The highest BCUT2D eigenvalue weighted by Crippen LogP contribution is 2.31. The van der Waals surface area contributed by atoms with Gasteiger partial charge in [0.05, 0.1) is 0 Å². The first-order chi connectivity index (χ1) is 11.5. The summed E-state index contributed by atoms with van der Waals surface area (Å²) < 4.78 is 0. The summed E-state index contributed by atoms with van der Waals surface area (Å²) in [6.07, 6.45) is 5.38. The Morgan fingerprint density at radius 1 is 1.29 bits per heavy atom. The highest BCUT2D eigenvalue weighted by molar-refractivity contribution is 5.80. The largest absolute Gasteiger partial charge is 0.356 e. The van der Waals surface area contributed by atoms with Crippen LogP contribution >= 0.6 is 0 Å². The van der Waals surface area contributed by atoms with Crippen molar-refractivity contribution in [1.82, 2.24) is 10.3 Å². The SMILES string of the molecule is Cc1ccc2cc(CCNC(=O)C(C)C3CCCC3)c(=O)[nH]c2c1. The number of pyridine rings is 1. The molecule has 1 aromatic carbocycles. The number of nitrogens with one attached hydrogen (secondary N) is 2. The van der Waals surface area contributed by atoms with Gasteiger partial charge >= 0.3 is 0 Å². The molecular weight excluding hydrogens is 300 g/mol. The van der Waals surface area contributed by atoms with Crippen LogP contribution in [0.15, 0.2) is 29.1 Å². The van der Waals surface area contributed by atoms with Crippen molar-refractivity contribution >= 4 is 16.8 Å². The number of rotatable bonds is 5. The van der Waals surface area contributed by atoms with Crippen LogP contribution in [0.2, 0.25) is 0 Å². The zero-order valence-electron chi connectivity index (χ0n) is 14.5. The Balaban J connectivity index is 1.61. The molecule has 1 aromatic heterocycles. The Bertz CT molecular complexity index is 788. The van der Waals surface area contributed by atoms with Crippen LogP contribution in [0.1, 0.15) is 43.7 Å². The lowest BCUT2D eigenvalue weighted by Crippen LogP contribution is -2.34. The number of hydrogen-bond donors (Lipinski definition) is 2. The van der Waals surface area contributed by atoms with E-state index in [9.17, 15) is 9.59 Å². The van der Waals surface area contributed by atoms with Gasteiger partial charge in [0.25, 0.3) is 5.56 Å². The molecule has 3 rings (SSSR count). The van der Waals surface area contributed by atoms with Crippen molar-refractivity contribution in [3.8, 4) is 0 Å². The second kappa shape index (κ2) is 7.20. The highest BCUT2D eigenvalue weighted by Gasteiger charge is 2.26. The van der Waals surface area contributed by atoms with Crippen molar-refractivity contribution in [2.24, 2.45) is 11.8 Å². The van der Waals surface area contributed by atoms with Crippen LogP contribution in [-0.4, -0.2) is 17.4 Å². The third-order valence-corrected chi connectivity index (χ3v) is 5.29. The molecule has 1 aliphatic rings. The molecule has 1 aliphatic carbocycles.